The zero-order valence-corrected chi connectivity index (χ0v) is 20.4. The first kappa shape index (κ1) is 22.3. The van der Waals surface area contributed by atoms with Crippen molar-refractivity contribution < 1.29 is 14.3 Å². The lowest BCUT2D eigenvalue weighted by atomic mass is 10.1. The highest BCUT2D eigenvalue weighted by Crippen LogP contribution is 2.36. The van der Waals surface area contributed by atoms with Crippen molar-refractivity contribution >= 4 is 51.1 Å². The minimum atomic E-state index is 0.193. The van der Waals surface area contributed by atoms with E-state index in [4.69, 9.17) is 19.4 Å². The SMILES string of the molecule is O=C1CCCN1CCn1cnc2c(Nc3ccc4c(c3)OCO4)nc(Nc3nccc4ccccc34)nc21. The van der Waals surface area contributed by atoms with E-state index >= 15 is 0 Å². The van der Waals surface area contributed by atoms with Gasteiger partial charge in [0.15, 0.2) is 28.5 Å². The number of hydrogen-bond acceptors (Lipinski definition) is 9. The molecule has 1 saturated heterocycles. The molecule has 0 bridgehead atoms. The number of imidazole rings is 1. The predicted molar refractivity (Wildman–Crippen MR) is 142 cm³/mol. The van der Waals surface area contributed by atoms with Gasteiger partial charge in [-0.05, 0) is 30.0 Å². The van der Waals surface area contributed by atoms with Gasteiger partial charge in [0.1, 0.15) is 5.82 Å². The number of nitrogens with zero attached hydrogens (tertiary/aromatic N) is 6. The Morgan fingerprint density at radius 1 is 0.921 bits per heavy atom. The van der Waals surface area contributed by atoms with Crippen molar-refractivity contribution in [1.82, 2.24) is 29.4 Å². The highest BCUT2D eigenvalue weighted by molar-refractivity contribution is 5.93. The number of nitrogens with one attached hydrogen (secondary N) is 2. The van der Waals surface area contributed by atoms with Crippen LogP contribution >= 0.6 is 0 Å². The zero-order chi connectivity index (χ0) is 25.5. The number of benzene rings is 2. The quantitative estimate of drug-likeness (QED) is 0.333. The van der Waals surface area contributed by atoms with E-state index in [-0.39, 0.29) is 12.7 Å². The summed E-state index contributed by atoms with van der Waals surface area (Å²) in [6, 6.07) is 15.6. The number of amides is 1. The van der Waals surface area contributed by atoms with Crippen LogP contribution in [0, 0.1) is 0 Å². The van der Waals surface area contributed by atoms with Crippen LogP contribution in [0.25, 0.3) is 21.9 Å². The predicted octanol–water partition coefficient (Wildman–Crippen LogP) is 4.21. The first-order valence-corrected chi connectivity index (χ1v) is 12.5. The zero-order valence-electron chi connectivity index (χ0n) is 20.4. The second-order valence-electron chi connectivity index (χ2n) is 9.19. The second kappa shape index (κ2) is 9.18. The monoisotopic (exact) mass is 508 g/mol. The summed E-state index contributed by atoms with van der Waals surface area (Å²) in [6.07, 6.45) is 5.01. The van der Waals surface area contributed by atoms with Gasteiger partial charge < -0.3 is 29.6 Å². The van der Waals surface area contributed by atoms with E-state index in [9.17, 15) is 4.79 Å². The number of fused-ring (bicyclic) bond motifs is 3. The molecular formula is C27H24N8O3. The third kappa shape index (κ3) is 4.07. The molecule has 0 spiro atoms. The Kier molecular flexibility index (Phi) is 5.38. The Hall–Kier alpha value is -4.93. The molecule has 3 aromatic heterocycles. The topological polar surface area (TPSA) is 119 Å². The molecule has 38 heavy (non-hydrogen) atoms. The van der Waals surface area contributed by atoms with Crippen LogP contribution < -0.4 is 20.1 Å². The van der Waals surface area contributed by atoms with Crippen molar-refractivity contribution in [2.75, 3.05) is 30.5 Å². The first-order valence-electron chi connectivity index (χ1n) is 12.5. The third-order valence-electron chi connectivity index (χ3n) is 6.79. The van der Waals surface area contributed by atoms with Gasteiger partial charge in [-0.25, -0.2) is 9.97 Å². The van der Waals surface area contributed by atoms with Gasteiger partial charge in [-0.2, -0.15) is 9.97 Å². The minimum Gasteiger partial charge on any atom is -0.454 e. The number of likely N-dealkylation sites (tertiary alicyclic amines) is 1. The Labute approximate surface area is 217 Å². The van der Waals surface area contributed by atoms with E-state index in [1.165, 1.54) is 0 Å². The number of rotatable bonds is 7. The number of carbonyl (C=O) groups excluding carboxylic acids is 1. The molecular weight excluding hydrogens is 484 g/mol. The van der Waals surface area contributed by atoms with Crippen LogP contribution in [0.15, 0.2) is 61.1 Å². The molecule has 1 amide bonds. The molecule has 2 aromatic carbocycles. The molecule has 0 radical (unpaired) electrons. The Balaban J connectivity index is 1.27. The van der Waals surface area contributed by atoms with Gasteiger partial charge in [-0.15, -0.1) is 0 Å². The second-order valence-corrected chi connectivity index (χ2v) is 9.19. The van der Waals surface area contributed by atoms with E-state index < -0.39 is 0 Å². The standard InChI is InChI=1S/C27H24N8O3/c36-22-6-3-11-34(22)12-13-35-15-29-23-25(30-18-7-8-20-21(14-18)38-16-37-20)32-27(33-26(23)35)31-24-19-5-2-1-4-17(19)9-10-28-24/h1-2,4-5,7-10,14-15H,3,6,11-13,16H2,(H2,28,30,31,32,33). The summed E-state index contributed by atoms with van der Waals surface area (Å²) < 4.78 is 12.9. The number of aromatic nitrogens is 5. The van der Waals surface area contributed by atoms with Gasteiger partial charge in [0, 0.05) is 49.4 Å². The molecule has 2 aliphatic heterocycles. The molecule has 0 unspecified atom stereocenters. The molecule has 5 heterocycles. The first-order chi connectivity index (χ1) is 18.7. The average molecular weight is 509 g/mol. The van der Waals surface area contributed by atoms with E-state index in [1.54, 1.807) is 12.5 Å². The summed E-state index contributed by atoms with van der Waals surface area (Å²) in [5, 5.41) is 8.70. The highest BCUT2D eigenvalue weighted by atomic mass is 16.7. The van der Waals surface area contributed by atoms with Gasteiger partial charge >= 0.3 is 0 Å². The summed E-state index contributed by atoms with van der Waals surface area (Å²) in [4.78, 5) is 32.8. The molecule has 1 fully saturated rings. The van der Waals surface area contributed by atoms with E-state index in [0.29, 0.717) is 59.8 Å². The smallest absolute Gasteiger partial charge is 0.232 e. The number of hydrogen-bond donors (Lipinski definition) is 2. The van der Waals surface area contributed by atoms with Crippen molar-refractivity contribution in [1.29, 1.82) is 0 Å². The maximum atomic E-state index is 12.1. The largest absolute Gasteiger partial charge is 0.454 e. The van der Waals surface area contributed by atoms with Gasteiger partial charge in [-0.1, -0.05) is 24.3 Å². The Morgan fingerprint density at radius 2 is 1.84 bits per heavy atom. The number of ether oxygens (including phenoxy) is 2. The van der Waals surface area contributed by atoms with Crippen LogP contribution in [0.3, 0.4) is 0 Å². The van der Waals surface area contributed by atoms with Gasteiger partial charge in [-0.3, -0.25) is 4.79 Å². The fraction of sp³-hybridized carbons (Fsp3) is 0.222. The van der Waals surface area contributed by atoms with Crippen LogP contribution in [0.1, 0.15) is 12.8 Å². The molecule has 0 aliphatic carbocycles. The van der Waals surface area contributed by atoms with Crippen LogP contribution in [0.4, 0.5) is 23.3 Å². The Morgan fingerprint density at radius 3 is 2.76 bits per heavy atom. The fourth-order valence-electron chi connectivity index (χ4n) is 4.86. The fourth-order valence-corrected chi connectivity index (χ4v) is 4.86. The van der Waals surface area contributed by atoms with E-state index in [1.807, 2.05) is 58.0 Å². The van der Waals surface area contributed by atoms with Crippen molar-refractivity contribution in [2.24, 2.45) is 0 Å². The van der Waals surface area contributed by atoms with Gasteiger partial charge in [0.05, 0.1) is 6.33 Å². The molecule has 0 atom stereocenters. The lowest BCUT2D eigenvalue weighted by Gasteiger charge is -2.16. The molecule has 7 rings (SSSR count). The van der Waals surface area contributed by atoms with Crippen LogP contribution in [-0.4, -0.2) is 55.2 Å². The molecule has 11 heteroatoms. The van der Waals surface area contributed by atoms with Crippen molar-refractivity contribution in [3.05, 3.63) is 61.1 Å². The van der Waals surface area contributed by atoms with Gasteiger partial charge in [0.2, 0.25) is 18.6 Å². The molecule has 0 saturated carbocycles. The van der Waals surface area contributed by atoms with Crippen molar-refractivity contribution in [2.45, 2.75) is 19.4 Å². The highest BCUT2D eigenvalue weighted by Gasteiger charge is 2.21. The van der Waals surface area contributed by atoms with Gasteiger partial charge in [0.25, 0.3) is 0 Å². The molecule has 2 aliphatic rings. The van der Waals surface area contributed by atoms with Crippen molar-refractivity contribution in [3.8, 4) is 11.5 Å². The number of pyridine rings is 1. The minimum absolute atomic E-state index is 0.193. The molecule has 5 aromatic rings. The molecule has 2 N–H and O–H groups in total. The van der Waals surface area contributed by atoms with E-state index in [2.05, 4.69) is 20.6 Å². The number of carbonyl (C=O) groups is 1. The van der Waals surface area contributed by atoms with Crippen LogP contribution in [0.5, 0.6) is 11.5 Å². The summed E-state index contributed by atoms with van der Waals surface area (Å²) in [5.41, 5.74) is 2.05. The van der Waals surface area contributed by atoms with Crippen LogP contribution in [0.2, 0.25) is 0 Å². The van der Waals surface area contributed by atoms with Crippen LogP contribution in [-0.2, 0) is 11.3 Å². The normalized spacial score (nSPS) is 14.5. The lowest BCUT2D eigenvalue weighted by Crippen LogP contribution is -2.28. The number of anilines is 4. The summed E-state index contributed by atoms with van der Waals surface area (Å²) in [6.45, 7) is 2.17. The average Bonchev–Trinajstić information content (AvgIpc) is 3.67. The maximum absolute atomic E-state index is 12.1. The molecule has 11 nitrogen and oxygen atoms in total. The maximum Gasteiger partial charge on any atom is 0.232 e. The summed E-state index contributed by atoms with van der Waals surface area (Å²) in [5.74, 6) is 3.13. The summed E-state index contributed by atoms with van der Waals surface area (Å²) in [7, 11) is 0. The van der Waals surface area contributed by atoms with E-state index in [0.717, 1.165) is 29.4 Å². The summed E-state index contributed by atoms with van der Waals surface area (Å²) >= 11 is 0. The Bertz CT molecular complexity index is 1680. The van der Waals surface area contributed by atoms with Crippen molar-refractivity contribution in [3.63, 3.8) is 0 Å². The third-order valence-corrected chi connectivity index (χ3v) is 6.79. The molecule has 190 valence electrons. The lowest BCUT2D eigenvalue weighted by molar-refractivity contribution is -0.127.